The third-order valence-corrected chi connectivity index (χ3v) is 2.90. The Hall–Kier alpha value is -3.16. The molecule has 2 rings (SSSR count). The Morgan fingerprint density at radius 2 is 1.71 bits per heavy atom. The van der Waals surface area contributed by atoms with Gasteiger partial charge in [0.15, 0.2) is 17.5 Å². The van der Waals surface area contributed by atoms with Crippen LogP contribution in [0.25, 0.3) is 0 Å². The van der Waals surface area contributed by atoms with E-state index in [1.165, 1.54) is 24.3 Å². The highest BCUT2D eigenvalue weighted by Gasteiger charge is 2.17. The van der Waals surface area contributed by atoms with Gasteiger partial charge in [-0.3, -0.25) is 9.59 Å². The molecular formula is C16H12F3N3O2. The molecular weight excluding hydrogens is 323 g/mol. The van der Waals surface area contributed by atoms with Crippen LogP contribution in [0.3, 0.4) is 0 Å². The van der Waals surface area contributed by atoms with Crippen molar-refractivity contribution >= 4 is 17.5 Å². The molecule has 0 spiro atoms. The second-order valence-corrected chi connectivity index (χ2v) is 4.58. The molecule has 0 atom stereocenters. The van der Waals surface area contributed by atoms with E-state index in [2.05, 4.69) is 22.2 Å². The predicted octanol–water partition coefficient (Wildman–Crippen LogP) is 2.67. The lowest BCUT2D eigenvalue weighted by Gasteiger charge is -2.08. The molecule has 5 nitrogen and oxygen atoms in total. The zero-order valence-electron chi connectivity index (χ0n) is 12.3. The van der Waals surface area contributed by atoms with Crippen molar-refractivity contribution in [2.24, 2.45) is 0 Å². The van der Waals surface area contributed by atoms with E-state index in [4.69, 9.17) is 0 Å². The standard InChI is InChI=1S/C16H12F3N3O2/c1-2-8-20-15(23)11-4-3-5-12(21-11)16(24)22-10-7-6-9(17)13(18)14(10)19/h2-7H,1,8H2,(H,20,23)(H,22,24). The van der Waals surface area contributed by atoms with Crippen LogP contribution in [-0.4, -0.2) is 23.3 Å². The van der Waals surface area contributed by atoms with Crippen LogP contribution in [0.5, 0.6) is 0 Å². The summed E-state index contributed by atoms with van der Waals surface area (Å²) < 4.78 is 39.6. The Bertz CT molecular complexity index is 809. The van der Waals surface area contributed by atoms with Crippen molar-refractivity contribution in [2.75, 3.05) is 11.9 Å². The number of anilines is 1. The number of rotatable bonds is 5. The number of amides is 2. The first-order chi connectivity index (χ1) is 11.4. The number of pyridine rings is 1. The van der Waals surface area contributed by atoms with E-state index in [1.54, 1.807) is 0 Å². The highest BCUT2D eigenvalue weighted by Crippen LogP contribution is 2.20. The molecule has 0 aliphatic heterocycles. The molecule has 2 N–H and O–H groups in total. The zero-order chi connectivity index (χ0) is 17.7. The number of benzene rings is 1. The van der Waals surface area contributed by atoms with Crippen molar-refractivity contribution in [2.45, 2.75) is 0 Å². The van der Waals surface area contributed by atoms with Crippen LogP contribution in [0.2, 0.25) is 0 Å². The Morgan fingerprint density at radius 1 is 1.04 bits per heavy atom. The van der Waals surface area contributed by atoms with Gasteiger partial charge in [-0.05, 0) is 24.3 Å². The SMILES string of the molecule is C=CCNC(=O)c1cccc(C(=O)Nc2ccc(F)c(F)c2F)n1. The Morgan fingerprint density at radius 3 is 2.38 bits per heavy atom. The normalized spacial score (nSPS) is 10.1. The third kappa shape index (κ3) is 3.78. The zero-order valence-corrected chi connectivity index (χ0v) is 12.3. The van der Waals surface area contributed by atoms with E-state index < -0.39 is 35.0 Å². The first-order valence-corrected chi connectivity index (χ1v) is 6.75. The number of hydrogen-bond donors (Lipinski definition) is 2. The van der Waals surface area contributed by atoms with Crippen LogP contribution in [0.4, 0.5) is 18.9 Å². The first-order valence-electron chi connectivity index (χ1n) is 6.75. The lowest BCUT2D eigenvalue weighted by atomic mass is 10.2. The van der Waals surface area contributed by atoms with Gasteiger partial charge in [0.2, 0.25) is 0 Å². The molecule has 1 aromatic heterocycles. The molecule has 1 aromatic carbocycles. The minimum atomic E-state index is -1.70. The maximum Gasteiger partial charge on any atom is 0.274 e. The van der Waals surface area contributed by atoms with Crippen LogP contribution in [0.15, 0.2) is 43.0 Å². The molecule has 2 amide bonds. The highest BCUT2D eigenvalue weighted by molar-refractivity contribution is 6.03. The van der Waals surface area contributed by atoms with Crippen molar-refractivity contribution < 1.29 is 22.8 Å². The minimum Gasteiger partial charge on any atom is -0.347 e. The van der Waals surface area contributed by atoms with Gasteiger partial charge in [-0.2, -0.15) is 0 Å². The summed E-state index contributed by atoms with van der Waals surface area (Å²) in [5.74, 6) is -5.99. The molecule has 1 heterocycles. The Kier molecular flexibility index (Phi) is 5.31. The number of carbonyl (C=O) groups is 2. The number of carbonyl (C=O) groups excluding carboxylic acids is 2. The van der Waals surface area contributed by atoms with E-state index in [-0.39, 0.29) is 17.9 Å². The van der Waals surface area contributed by atoms with E-state index in [0.29, 0.717) is 6.07 Å². The summed E-state index contributed by atoms with van der Waals surface area (Å²) in [5, 5.41) is 4.56. The first kappa shape index (κ1) is 17.2. The fourth-order valence-corrected chi connectivity index (χ4v) is 1.75. The topological polar surface area (TPSA) is 71.1 Å². The van der Waals surface area contributed by atoms with Crippen LogP contribution in [0.1, 0.15) is 21.0 Å². The number of aromatic nitrogens is 1. The summed E-state index contributed by atoms with van der Waals surface area (Å²) in [4.78, 5) is 27.7. The van der Waals surface area contributed by atoms with Crippen LogP contribution in [0, 0.1) is 17.5 Å². The Labute approximate surface area is 135 Å². The summed E-state index contributed by atoms with van der Waals surface area (Å²) in [6, 6.07) is 5.64. The van der Waals surface area contributed by atoms with E-state index in [9.17, 15) is 22.8 Å². The molecule has 24 heavy (non-hydrogen) atoms. The molecule has 0 bridgehead atoms. The fourth-order valence-electron chi connectivity index (χ4n) is 1.75. The van der Waals surface area contributed by atoms with Gasteiger partial charge in [0.1, 0.15) is 11.4 Å². The number of halogens is 3. The predicted molar refractivity (Wildman–Crippen MR) is 81.0 cm³/mol. The largest absolute Gasteiger partial charge is 0.347 e. The number of hydrogen-bond acceptors (Lipinski definition) is 3. The molecule has 0 aliphatic carbocycles. The van der Waals surface area contributed by atoms with Crippen molar-refractivity contribution in [3.8, 4) is 0 Å². The second kappa shape index (κ2) is 7.40. The van der Waals surface area contributed by atoms with E-state index in [1.807, 2.05) is 0 Å². The maximum absolute atomic E-state index is 13.6. The molecule has 0 saturated heterocycles. The van der Waals surface area contributed by atoms with Gasteiger partial charge < -0.3 is 10.6 Å². The summed E-state index contributed by atoms with van der Waals surface area (Å²) in [6.45, 7) is 3.67. The quantitative estimate of drug-likeness (QED) is 0.652. The molecule has 0 aliphatic rings. The number of nitrogens with zero attached hydrogens (tertiary/aromatic N) is 1. The molecule has 0 saturated carbocycles. The van der Waals surface area contributed by atoms with Gasteiger partial charge in [0.25, 0.3) is 11.8 Å². The highest BCUT2D eigenvalue weighted by atomic mass is 19.2. The molecule has 0 radical (unpaired) electrons. The van der Waals surface area contributed by atoms with Gasteiger partial charge >= 0.3 is 0 Å². The average Bonchev–Trinajstić information content (AvgIpc) is 2.60. The summed E-state index contributed by atoms with van der Waals surface area (Å²) in [6.07, 6.45) is 1.47. The second-order valence-electron chi connectivity index (χ2n) is 4.58. The van der Waals surface area contributed by atoms with Crippen LogP contribution in [-0.2, 0) is 0 Å². The fraction of sp³-hybridized carbons (Fsp3) is 0.0625. The van der Waals surface area contributed by atoms with Gasteiger partial charge in [-0.25, -0.2) is 18.2 Å². The molecule has 2 aromatic rings. The summed E-state index contributed by atoms with van der Waals surface area (Å²) in [7, 11) is 0. The van der Waals surface area contributed by atoms with Crippen molar-refractivity contribution in [3.05, 3.63) is 71.8 Å². The number of nitrogens with one attached hydrogen (secondary N) is 2. The Balaban J connectivity index is 2.20. The minimum absolute atomic E-state index is 0.0322. The summed E-state index contributed by atoms with van der Waals surface area (Å²) in [5.41, 5.74) is -0.761. The lowest BCUT2D eigenvalue weighted by molar-refractivity contribution is 0.0953. The van der Waals surface area contributed by atoms with Crippen LogP contribution >= 0.6 is 0 Å². The van der Waals surface area contributed by atoms with Gasteiger partial charge in [0, 0.05) is 6.54 Å². The molecule has 8 heteroatoms. The van der Waals surface area contributed by atoms with E-state index >= 15 is 0 Å². The van der Waals surface area contributed by atoms with Crippen molar-refractivity contribution in [1.82, 2.24) is 10.3 Å². The molecule has 0 fully saturated rings. The van der Waals surface area contributed by atoms with Crippen LogP contribution < -0.4 is 10.6 Å². The average molecular weight is 335 g/mol. The smallest absolute Gasteiger partial charge is 0.274 e. The van der Waals surface area contributed by atoms with Crippen molar-refractivity contribution in [1.29, 1.82) is 0 Å². The lowest BCUT2D eigenvalue weighted by Crippen LogP contribution is -2.25. The summed E-state index contributed by atoms with van der Waals surface area (Å²) >= 11 is 0. The van der Waals surface area contributed by atoms with Gasteiger partial charge in [-0.15, -0.1) is 6.58 Å². The monoisotopic (exact) mass is 335 g/mol. The molecule has 0 unspecified atom stereocenters. The maximum atomic E-state index is 13.6. The third-order valence-electron chi connectivity index (χ3n) is 2.90. The molecule has 124 valence electrons. The van der Waals surface area contributed by atoms with Gasteiger partial charge in [0.05, 0.1) is 5.69 Å². The van der Waals surface area contributed by atoms with Gasteiger partial charge in [-0.1, -0.05) is 12.1 Å². The van der Waals surface area contributed by atoms with E-state index in [0.717, 1.165) is 6.07 Å². The van der Waals surface area contributed by atoms with Crippen molar-refractivity contribution in [3.63, 3.8) is 0 Å².